The van der Waals surface area contributed by atoms with Gasteiger partial charge >= 0.3 is 5.97 Å². The fraction of sp³-hybridized carbons (Fsp3) is 0.467. The van der Waals surface area contributed by atoms with Gasteiger partial charge < -0.3 is 24.2 Å². The van der Waals surface area contributed by atoms with Crippen LogP contribution in [0.25, 0.3) is 0 Å². The summed E-state index contributed by atoms with van der Waals surface area (Å²) in [4.78, 5) is 24.2. The molecule has 1 aromatic carbocycles. The predicted molar refractivity (Wildman–Crippen MR) is 76.6 cm³/mol. The van der Waals surface area contributed by atoms with Gasteiger partial charge in [0.05, 0.1) is 19.8 Å². The lowest BCUT2D eigenvalue weighted by atomic mass is 10.2. The fourth-order valence-electron chi connectivity index (χ4n) is 2.06. The molecule has 1 atom stereocenters. The summed E-state index contributed by atoms with van der Waals surface area (Å²) in [5.41, 5.74) is 0.912. The topological polar surface area (TPSA) is 85.3 Å². The first-order valence-electron chi connectivity index (χ1n) is 6.94. The molecule has 7 heteroatoms. The molecule has 2 rings (SSSR count). The third kappa shape index (κ3) is 4.71. The van der Waals surface area contributed by atoms with Gasteiger partial charge in [-0.05, 0) is 17.7 Å². The van der Waals surface area contributed by atoms with Crippen molar-refractivity contribution in [1.29, 1.82) is 0 Å². The number of hydrogen-bond acceptors (Lipinski definition) is 5. The van der Waals surface area contributed by atoms with E-state index in [4.69, 9.17) is 19.3 Å². The van der Waals surface area contributed by atoms with Crippen LogP contribution in [0.5, 0.6) is 5.75 Å². The lowest BCUT2D eigenvalue weighted by molar-refractivity contribution is -0.157. The van der Waals surface area contributed by atoms with Crippen LogP contribution in [0.3, 0.4) is 0 Å². The van der Waals surface area contributed by atoms with E-state index in [1.54, 1.807) is 36.2 Å². The summed E-state index contributed by atoms with van der Waals surface area (Å²) in [5, 5.41) is 8.54. The minimum Gasteiger partial charge on any atom is -0.482 e. The van der Waals surface area contributed by atoms with E-state index < -0.39 is 12.1 Å². The third-order valence-electron chi connectivity index (χ3n) is 3.17. The van der Waals surface area contributed by atoms with Gasteiger partial charge in [-0.3, -0.25) is 4.79 Å². The van der Waals surface area contributed by atoms with E-state index in [9.17, 15) is 9.59 Å². The molecule has 1 heterocycles. The van der Waals surface area contributed by atoms with Gasteiger partial charge in [-0.2, -0.15) is 0 Å². The maximum absolute atomic E-state index is 12.2. The smallest absolute Gasteiger partial charge is 0.341 e. The van der Waals surface area contributed by atoms with Crippen LogP contribution in [0.15, 0.2) is 24.3 Å². The molecule has 1 unspecified atom stereocenters. The van der Waals surface area contributed by atoms with Gasteiger partial charge in [0.15, 0.2) is 12.7 Å². The van der Waals surface area contributed by atoms with Crippen LogP contribution >= 0.6 is 0 Å². The number of hydrogen-bond donors (Lipinski definition) is 1. The van der Waals surface area contributed by atoms with E-state index in [-0.39, 0.29) is 19.1 Å². The highest BCUT2D eigenvalue weighted by Crippen LogP contribution is 2.14. The molecular formula is C15H19NO6. The second-order valence-electron chi connectivity index (χ2n) is 4.96. The zero-order valence-corrected chi connectivity index (χ0v) is 12.4. The number of carbonyl (C=O) groups excluding carboxylic acids is 1. The molecule has 1 saturated heterocycles. The average Bonchev–Trinajstić information content (AvgIpc) is 2.54. The van der Waals surface area contributed by atoms with E-state index in [1.807, 2.05) is 0 Å². The Morgan fingerprint density at radius 3 is 2.64 bits per heavy atom. The molecule has 1 aromatic rings. The number of ether oxygens (including phenoxy) is 3. The number of carboxylic acids is 1. The maximum Gasteiger partial charge on any atom is 0.341 e. The molecule has 0 radical (unpaired) electrons. The number of likely N-dealkylation sites (N-methyl/N-ethyl adjacent to an activating group) is 1. The van der Waals surface area contributed by atoms with Crippen LogP contribution in [-0.2, 0) is 25.6 Å². The van der Waals surface area contributed by atoms with Crippen molar-refractivity contribution in [1.82, 2.24) is 4.90 Å². The number of benzene rings is 1. The lowest BCUT2D eigenvalue weighted by Gasteiger charge is -2.26. The van der Waals surface area contributed by atoms with Gasteiger partial charge in [-0.25, -0.2) is 4.79 Å². The van der Waals surface area contributed by atoms with Crippen LogP contribution in [0, 0.1) is 0 Å². The van der Waals surface area contributed by atoms with Crippen LogP contribution < -0.4 is 4.74 Å². The Morgan fingerprint density at radius 1 is 1.32 bits per heavy atom. The summed E-state index contributed by atoms with van der Waals surface area (Å²) >= 11 is 0. The normalized spacial score (nSPS) is 17.8. The van der Waals surface area contributed by atoms with Crippen molar-refractivity contribution in [2.75, 3.05) is 33.5 Å². The molecule has 0 aromatic heterocycles. The molecule has 120 valence electrons. The molecule has 1 aliphatic rings. The van der Waals surface area contributed by atoms with Gasteiger partial charge in [-0.15, -0.1) is 0 Å². The molecule has 0 aliphatic carbocycles. The highest BCUT2D eigenvalue weighted by molar-refractivity contribution is 5.80. The van der Waals surface area contributed by atoms with E-state index in [0.717, 1.165) is 5.56 Å². The molecule has 1 amide bonds. The Kier molecular flexibility index (Phi) is 5.74. The first-order valence-corrected chi connectivity index (χ1v) is 6.94. The Bertz CT molecular complexity index is 509. The second-order valence-corrected chi connectivity index (χ2v) is 4.96. The highest BCUT2D eigenvalue weighted by atomic mass is 16.6. The number of amides is 1. The lowest BCUT2D eigenvalue weighted by Crippen LogP contribution is -2.43. The van der Waals surface area contributed by atoms with E-state index in [1.165, 1.54) is 0 Å². The summed E-state index contributed by atoms with van der Waals surface area (Å²) < 4.78 is 15.7. The maximum atomic E-state index is 12.2. The minimum atomic E-state index is -1.02. The molecule has 0 bridgehead atoms. The van der Waals surface area contributed by atoms with E-state index in [2.05, 4.69) is 0 Å². The number of nitrogens with zero attached hydrogens (tertiary/aromatic N) is 1. The Hall–Kier alpha value is -2.12. The summed E-state index contributed by atoms with van der Waals surface area (Å²) in [6, 6.07) is 6.94. The molecular weight excluding hydrogens is 290 g/mol. The number of carbonyl (C=O) groups is 2. The minimum absolute atomic E-state index is 0.120. The van der Waals surface area contributed by atoms with Gasteiger partial charge in [0.2, 0.25) is 0 Å². The third-order valence-corrected chi connectivity index (χ3v) is 3.17. The molecule has 0 saturated carbocycles. The molecule has 1 aliphatic heterocycles. The number of aliphatic carboxylic acids is 1. The molecule has 1 fully saturated rings. The van der Waals surface area contributed by atoms with Crippen molar-refractivity contribution in [3.8, 4) is 5.75 Å². The summed E-state index contributed by atoms with van der Waals surface area (Å²) in [6.07, 6.45) is -0.545. The highest BCUT2D eigenvalue weighted by Gasteiger charge is 2.25. The zero-order valence-electron chi connectivity index (χ0n) is 12.4. The summed E-state index contributed by atoms with van der Waals surface area (Å²) in [7, 11) is 1.70. The van der Waals surface area contributed by atoms with Gasteiger partial charge in [0.1, 0.15) is 5.75 Å². The van der Waals surface area contributed by atoms with Crippen molar-refractivity contribution in [3.63, 3.8) is 0 Å². The summed E-state index contributed by atoms with van der Waals surface area (Å²) in [6.45, 7) is 1.28. The van der Waals surface area contributed by atoms with Crippen LogP contribution in [-0.4, -0.2) is 61.5 Å². The molecule has 0 spiro atoms. The molecule has 7 nitrogen and oxygen atoms in total. The standard InChI is InChI=1S/C15H19NO6/c1-16(15(19)13-9-20-6-7-21-13)8-11-2-4-12(5-3-11)22-10-14(17)18/h2-5,13H,6-10H2,1H3,(H,17,18). The van der Waals surface area contributed by atoms with Crippen molar-refractivity contribution in [2.45, 2.75) is 12.6 Å². The van der Waals surface area contributed by atoms with E-state index >= 15 is 0 Å². The quantitative estimate of drug-likeness (QED) is 0.825. The Morgan fingerprint density at radius 2 is 2.05 bits per heavy atom. The first-order chi connectivity index (χ1) is 10.6. The Balaban J connectivity index is 1.86. The average molecular weight is 309 g/mol. The van der Waals surface area contributed by atoms with Crippen molar-refractivity contribution < 1.29 is 28.9 Å². The van der Waals surface area contributed by atoms with Gasteiger partial charge in [-0.1, -0.05) is 12.1 Å². The fourth-order valence-corrected chi connectivity index (χ4v) is 2.06. The Labute approximate surface area is 128 Å². The number of rotatable bonds is 6. The zero-order chi connectivity index (χ0) is 15.9. The molecule has 1 N–H and O–H groups in total. The van der Waals surface area contributed by atoms with Crippen LogP contribution in [0.4, 0.5) is 0 Å². The monoisotopic (exact) mass is 309 g/mol. The van der Waals surface area contributed by atoms with Crippen molar-refractivity contribution >= 4 is 11.9 Å². The van der Waals surface area contributed by atoms with Crippen LogP contribution in [0.2, 0.25) is 0 Å². The van der Waals surface area contributed by atoms with Gasteiger partial charge in [0.25, 0.3) is 5.91 Å². The van der Waals surface area contributed by atoms with Gasteiger partial charge in [0, 0.05) is 13.6 Å². The first kappa shape index (κ1) is 16.3. The van der Waals surface area contributed by atoms with Crippen molar-refractivity contribution in [2.24, 2.45) is 0 Å². The summed E-state index contributed by atoms with van der Waals surface area (Å²) in [5.74, 6) is -0.667. The van der Waals surface area contributed by atoms with Crippen molar-refractivity contribution in [3.05, 3.63) is 29.8 Å². The van der Waals surface area contributed by atoms with E-state index in [0.29, 0.717) is 25.5 Å². The number of carboxylic acid groups (broad SMARTS) is 1. The molecule has 22 heavy (non-hydrogen) atoms. The van der Waals surface area contributed by atoms with Crippen LogP contribution in [0.1, 0.15) is 5.56 Å². The second kappa shape index (κ2) is 7.77. The SMILES string of the molecule is CN(Cc1ccc(OCC(=O)O)cc1)C(=O)C1COCCO1. The largest absolute Gasteiger partial charge is 0.482 e. The predicted octanol–water partition coefficient (Wildman–Crippen LogP) is 0.524.